The molecule has 0 saturated carbocycles. The molecular formula is C18H19ClF3N3O5S. The predicted molar refractivity (Wildman–Crippen MR) is 101 cm³/mol. The van der Waals surface area contributed by atoms with Crippen molar-refractivity contribution in [3.05, 3.63) is 40.5 Å². The molecule has 2 heterocycles. The fourth-order valence-electron chi connectivity index (χ4n) is 3.11. The Morgan fingerprint density at radius 3 is 2.58 bits per heavy atom. The number of esters is 1. The molecule has 0 N–H and O–H groups in total. The van der Waals surface area contributed by atoms with Crippen molar-refractivity contribution < 1.29 is 35.6 Å². The van der Waals surface area contributed by atoms with Crippen molar-refractivity contribution in [2.24, 2.45) is 5.92 Å². The van der Waals surface area contributed by atoms with Crippen LogP contribution in [0.1, 0.15) is 37.0 Å². The van der Waals surface area contributed by atoms with Crippen LogP contribution in [0.3, 0.4) is 0 Å². The van der Waals surface area contributed by atoms with Gasteiger partial charge in [-0.3, -0.25) is 4.79 Å². The van der Waals surface area contributed by atoms with Crippen LogP contribution in [0.4, 0.5) is 13.2 Å². The molecule has 170 valence electrons. The van der Waals surface area contributed by atoms with E-state index in [9.17, 15) is 26.4 Å². The lowest BCUT2D eigenvalue weighted by molar-refractivity contribution is -0.152. The molecule has 0 aliphatic carbocycles. The molecule has 0 amide bonds. The highest BCUT2D eigenvalue weighted by Gasteiger charge is 2.37. The van der Waals surface area contributed by atoms with Crippen molar-refractivity contribution in [1.82, 2.24) is 14.4 Å². The van der Waals surface area contributed by atoms with Gasteiger partial charge in [0.15, 0.2) is 12.4 Å². The first-order valence-corrected chi connectivity index (χ1v) is 11.2. The van der Waals surface area contributed by atoms with E-state index in [2.05, 4.69) is 10.1 Å². The van der Waals surface area contributed by atoms with Crippen molar-refractivity contribution >= 4 is 27.6 Å². The van der Waals surface area contributed by atoms with E-state index in [1.54, 1.807) is 0 Å². The number of hydrogen-bond acceptors (Lipinski definition) is 7. The van der Waals surface area contributed by atoms with Crippen LogP contribution in [0.5, 0.6) is 0 Å². The van der Waals surface area contributed by atoms with E-state index >= 15 is 0 Å². The number of hydrogen-bond donors (Lipinski definition) is 0. The smallest absolute Gasteiger partial charge is 0.417 e. The molecular weight excluding hydrogens is 463 g/mol. The Morgan fingerprint density at radius 1 is 1.32 bits per heavy atom. The Morgan fingerprint density at radius 2 is 2.00 bits per heavy atom. The predicted octanol–water partition coefficient (Wildman–Crippen LogP) is 3.45. The SMILES string of the molecule is CCc1noc(COC(=O)C2CCN(S(=O)(=O)c3ccc(Cl)c(C(F)(F)F)c3)CC2)n1. The second-order valence-corrected chi connectivity index (χ2v) is 9.23. The van der Waals surface area contributed by atoms with Gasteiger partial charge in [-0.15, -0.1) is 0 Å². The van der Waals surface area contributed by atoms with Crippen LogP contribution in [-0.2, 0) is 38.8 Å². The highest BCUT2D eigenvalue weighted by molar-refractivity contribution is 7.89. The molecule has 1 saturated heterocycles. The van der Waals surface area contributed by atoms with Gasteiger partial charge in [0.25, 0.3) is 5.89 Å². The molecule has 0 atom stereocenters. The summed E-state index contributed by atoms with van der Waals surface area (Å²) in [7, 11) is -4.18. The maximum atomic E-state index is 13.1. The van der Waals surface area contributed by atoms with Gasteiger partial charge in [0.1, 0.15) is 0 Å². The lowest BCUT2D eigenvalue weighted by Gasteiger charge is -2.30. The maximum Gasteiger partial charge on any atom is 0.417 e. The van der Waals surface area contributed by atoms with Crippen LogP contribution in [0.25, 0.3) is 0 Å². The lowest BCUT2D eigenvalue weighted by Crippen LogP contribution is -2.40. The summed E-state index contributed by atoms with van der Waals surface area (Å²) in [5.41, 5.74) is -1.22. The first-order valence-electron chi connectivity index (χ1n) is 9.37. The van der Waals surface area contributed by atoms with E-state index < -0.39 is 43.6 Å². The van der Waals surface area contributed by atoms with Gasteiger partial charge < -0.3 is 9.26 Å². The zero-order valence-electron chi connectivity index (χ0n) is 16.4. The van der Waals surface area contributed by atoms with E-state index in [0.717, 1.165) is 16.4 Å². The molecule has 31 heavy (non-hydrogen) atoms. The molecule has 1 aliphatic heterocycles. The van der Waals surface area contributed by atoms with Crippen LogP contribution < -0.4 is 0 Å². The number of halogens is 4. The van der Waals surface area contributed by atoms with E-state index in [-0.39, 0.29) is 38.4 Å². The summed E-state index contributed by atoms with van der Waals surface area (Å²) in [6, 6.07) is 2.46. The summed E-state index contributed by atoms with van der Waals surface area (Å²) < 4.78 is 75.8. The summed E-state index contributed by atoms with van der Waals surface area (Å²) in [5, 5.41) is 3.11. The Kier molecular flexibility index (Phi) is 6.92. The Labute approximate surface area is 181 Å². The molecule has 1 aromatic heterocycles. The molecule has 0 radical (unpaired) electrons. The number of piperidine rings is 1. The first kappa shape index (κ1) is 23.5. The molecule has 1 aromatic carbocycles. The average molecular weight is 482 g/mol. The van der Waals surface area contributed by atoms with Gasteiger partial charge in [0, 0.05) is 19.5 Å². The van der Waals surface area contributed by atoms with Crippen LogP contribution in [0.15, 0.2) is 27.6 Å². The van der Waals surface area contributed by atoms with E-state index in [4.69, 9.17) is 20.9 Å². The number of nitrogens with zero attached hydrogens (tertiary/aromatic N) is 3. The number of carbonyl (C=O) groups excluding carboxylic acids is 1. The topological polar surface area (TPSA) is 103 Å². The average Bonchev–Trinajstić information content (AvgIpc) is 3.19. The van der Waals surface area contributed by atoms with E-state index in [1.807, 2.05) is 6.92 Å². The number of aromatic nitrogens is 2. The molecule has 3 rings (SSSR count). The highest BCUT2D eigenvalue weighted by Crippen LogP contribution is 2.36. The standard InChI is InChI=1S/C18H19ClF3N3O5S/c1-2-15-23-16(30-24-15)10-29-17(26)11-5-7-25(8-6-11)31(27,28)12-3-4-14(19)13(9-12)18(20,21)22/h3-4,9,11H,2,5-8,10H2,1H3. The number of rotatable bonds is 6. The molecule has 0 bridgehead atoms. The monoisotopic (exact) mass is 481 g/mol. The zero-order chi connectivity index (χ0) is 22.8. The van der Waals surface area contributed by atoms with Crippen molar-refractivity contribution in [3.63, 3.8) is 0 Å². The van der Waals surface area contributed by atoms with Gasteiger partial charge in [0.2, 0.25) is 10.0 Å². The van der Waals surface area contributed by atoms with Crippen LogP contribution >= 0.6 is 11.6 Å². The summed E-state index contributed by atoms with van der Waals surface area (Å²) in [5.74, 6) is -0.427. The van der Waals surface area contributed by atoms with Crippen molar-refractivity contribution in [2.45, 2.75) is 43.9 Å². The summed E-state index contributed by atoms with van der Waals surface area (Å²) in [4.78, 5) is 15.8. The fraction of sp³-hybridized carbons (Fsp3) is 0.500. The van der Waals surface area contributed by atoms with Crippen LogP contribution in [0, 0.1) is 5.92 Å². The van der Waals surface area contributed by atoms with Crippen molar-refractivity contribution in [2.75, 3.05) is 13.1 Å². The normalized spacial score (nSPS) is 16.4. The third kappa shape index (κ3) is 5.36. The quantitative estimate of drug-likeness (QED) is 0.582. The number of aryl methyl sites for hydroxylation is 1. The van der Waals surface area contributed by atoms with Gasteiger partial charge in [-0.25, -0.2) is 8.42 Å². The van der Waals surface area contributed by atoms with E-state index in [0.29, 0.717) is 18.3 Å². The minimum Gasteiger partial charge on any atom is -0.455 e. The van der Waals surface area contributed by atoms with E-state index in [1.165, 1.54) is 0 Å². The number of carbonyl (C=O) groups is 1. The number of ether oxygens (including phenoxy) is 1. The largest absolute Gasteiger partial charge is 0.455 e. The second-order valence-electron chi connectivity index (χ2n) is 6.88. The third-order valence-corrected chi connectivity index (χ3v) is 7.06. The van der Waals surface area contributed by atoms with Crippen molar-refractivity contribution in [3.8, 4) is 0 Å². The fourth-order valence-corrected chi connectivity index (χ4v) is 4.83. The Balaban J connectivity index is 1.61. The molecule has 1 fully saturated rings. The highest BCUT2D eigenvalue weighted by atomic mass is 35.5. The Hall–Kier alpha value is -2.18. The molecule has 0 spiro atoms. The molecule has 1 aliphatic rings. The van der Waals surface area contributed by atoms with Gasteiger partial charge in [-0.05, 0) is 31.0 Å². The molecule has 8 nitrogen and oxygen atoms in total. The summed E-state index contributed by atoms with van der Waals surface area (Å²) >= 11 is 5.56. The second kappa shape index (κ2) is 9.13. The van der Waals surface area contributed by atoms with Gasteiger partial charge in [0.05, 0.1) is 21.4 Å². The number of benzene rings is 1. The first-order chi connectivity index (χ1) is 14.5. The molecule has 0 unspecified atom stereocenters. The lowest BCUT2D eigenvalue weighted by atomic mass is 9.98. The van der Waals surface area contributed by atoms with Crippen LogP contribution in [-0.4, -0.2) is 41.9 Å². The summed E-state index contributed by atoms with van der Waals surface area (Å²) in [6.45, 7) is 1.59. The molecule has 13 heteroatoms. The number of alkyl halides is 3. The zero-order valence-corrected chi connectivity index (χ0v) is 17.9. The van der Waals surface area contributed by atoms with Gasteiger partial charge >= 0.3 is 12.1 Å². The molecule has 2 aromatic rings. The van der Waals surface area contributed by atoms with Gasteiger partial charge in [-0.2, -0.15) is 22.5 Å². The minimum atomic E-state index is -4.78. The Bertz CT molecular complexity index is 1050. The van der Waals surface area contributed by atoms with Gasteiger partial charge in [-0.1, -0.05) is 23.7 Å². The van der Waals surface area contributed by atoms with Crippen LogP contribution in [0.2, 0.25) is 5.02 Å². The maximum absolute atomic E-state index is 13.1. The summed E-state index contributed by atoms with van der Waals surface area (Å²) in [6.07, 6.45) is -3.87. The minimum absolute atomic E-state index is 0.0351. The van der Waals surface area contributed by atoms with Crippen molar-refractivity contribution in [1.29, 1.82) is 0 Å². The number of sulfonamides is 1. The third-order valence-electron chi connectivity index (χ3n) is 4.83.